The molecule has 0 spiro atoms. The van der Waals surface area contributed by atoms with Gasteiger partial charge in [-0.25, -0.2) is 24.0 Å². The van der Waals surface area contributed by atoms with E-state index >= 15 is 0 Å². The van der Waals surface area contributed by atoms with Crippen LogP contribution in [0.3, 0.4) is 0 Å². The average Bonchev–Trinajstić information content (AvgIpc) is 2.46. The molecule has 100 valence electrons. The number of sulfonamides is 1. The van der Waals surface area contributed by atoms with Gasteiger partial charge < -0.3 is 5.43 Å². The molecule has 0 amide bonds. The van der Waals surface area contributed by atoms with Crippen LogP contribution in [0.25, 0.3) is 0 Å². The van der Waals surface area contributed by atoms with Crippen LogP contribution in [0.1, 0.15) is 5.56 Å². The lowest BCUT2D eigenvalue weighted by molar-refractivity contribution is 0.581. The van der Waals surface area contributed by atoms with E-state index in [1.165, 1.54) is 18.3 Å². The number of benzene rings is 1. The normalized spacial score (nSPS) is 11.2. The van der Waals surface area contributed by atoms with Crippen LogP contribution in [-0.4, -0.2) is 13.4 Å². The summed E-state index contributed by atoms with van der Waals surface area (Å²) in [6.07, 6.45) is 1.25. The van der Waals surface area contributed by atoms with E-state index in [0.717, 1.165) is 5.56 Å². The molecule has 7 heteroatoms. The molecule has 0 saturated carbocycles. The van der Waals surface area contributed by atoms with Crippen molar-refractivity contribution < 1.29 is 8.42 Å². The number of hydrogen-bond donors (Lipinski definition) is 3. The maximum Gasteiger partial charge on any atom is 0.242 e. The molecule has 4 N–H and O–H groups in total. The van der Waals surface area contributed by atoms with Crippen LogP contribution in [0.15, 0.2) is 53.6 Å². The van der Waals surface area contributed by atoms with Crippen LogP contribution >= 0.6 is 0 Å². The molecule has 2 rings (SSSR count). The molecule has 1 heterocycles. The first-order valence-electron chi connectivity index (χ1n) is 5.58. The van der Waals surface area contributed by atoms with E-state index in [0.29, 0.717) is 5.82 Å². The number of nitrogens with zero attached hydrogens (tertiary/aromatic N) is 1. The monoisotopic (exact) mass is 278 g/mol. The Bertz CT molecular complexity index is 627. The zero-order chi connectivity index (χ0) is 13.7. The number of nitrogens with one attached hydrogen (secondary N) is 2. The van der Waals surface area contributed by atoms with E-state index in [9.17, 15) is 8.42 Å². The number of anilines is 1. The lowest BCUT2D eigenvalue weighted by Gasteiger charge is -2.07. The minimum absolute atomic E-state index is 0.0995. The summed E-state index contributed by atoms with van der Waals surface area (Å²) in [7, 11) is -3.56. The SMILES string of the molecule is NNc1ccc(S(=O)(=O)NCc2ccccc2)cn1. The second-order valence-corrected chi connectivity index (χ2v) is 5.60. The highest BCUT2D eigenvalue weighted by atomic mass is 32.2. The van der Waals surface area contributed by atoms with Gasteiger partial charge in [0.2, 0.25) is 10.0 Å². The van der Waals surface area contributed by atoms with Gasteiger partial charge in [0.05, 0.1) is 0 Å². The lowest BCUT2D eigenvalue weighted by Crippen LogP contribution is -2.23. The number of hydrogen-bond acceptors (Lipinski definition) is 5. The smallest absolute Gasteiger partial charge is 0.242 e. The van der Waals surface area contributed by atoms with Gasteiger partial charge in [-0.15, -0.1) is 0 Å². The maximum atomic E-state index is 12.0. The van der Waals surface area contributed by atoms with Gasteiger partial charge in [-0.2, -0.15) is 0 Å². The van der Waals surface area contributed by atoms with Gasteiger partial charge in [0, 0.05) is 12.7 Å². The van der Waals surface area contributed by atoms with Gasteiger partial charge in [-0.3, -0.25) is 0 Å². The third kappa shape index (κ3) is 3.50. The number of pyridine rings is 1. The molecule has 0 aliphatic carbocycles. The summed E-state index contributed by atoms with van der Waals surface area (Å²) in [6, 6.07) is 12.2. The highest BCUT2D eigenvalue weighted by Gasteiger charge is 2.13. The molecule has 0 saturated heterocycles. The molecular weight excluding hydrogens is 264 g/mol. The predicted molar refractivity (Wildman–Crippen MR) is 72.5 cm³/mol. The summed E-state index contributed by atoms with van der Waals surface area (Å²) < 4.78 is 26.5. The van der Waals surface area contributed by atoms with Crippen molar-refractivity contribution in [3.63, 3.8) is 0 Å². The van der Waals surface area contributed by atoms with Crippen molar-refractivity contribution >= 4 is 15.8 Å². The standard InChI is InChI=1S/C12H14N4O2S/c13-16-12-7-6-11(9-14-12)19(17,18)15-8-10-4-2-1-3-5-10/h1-7,9,15H,8,13H2,(H,14,16). The van der Waals surface area contributed by atoms with Gasteiger partial charge >= 0.3 is 0 Å². The second-order valence-electron chi connectivity index (χ2n) is 3.83. The second kappa shape index (κ2) is 5.79. The average molecular weight is 278 g/mol. The van der Waals surface area contributed by atoms with Crippen molar-refractivity contribution in [2.24, 2.45) is 5.84 Å². The summed E-state index contributed by atoms with van der Waals surface area (Å²) >= 11 is 0. The highest BCUT2D eigenvalue weighted by Crippen LogP contribution is 2.10. The summed E-state index contributed by atoms with van der Waals surface area (Å²) in [4.78, 5) is 3.96. The Balaban J connectivity index is 2.09. The zero-order valence-electron chi connectivity index (χ0n) is 10.1. The quantitative estimate of drug-likeness (QED) is 0.556. The molecule has 6 nitrogen and oxygen atoms in total. The van der Waals surface area contributed by atoms with Crippen LogP contribution in [0, 0.1) is 0 Å². The van der Waals surface area contributed by atoms with Gasteiger partial charge in [0.15, 0.2) is 0 Å². The first-order valence-corrected chi connectivity index (χ1v) is 7.06. The fourth-order valence-corrected chi connectivity index (χ4v) is 2.44. The molecule has 1 aromatic carbocycles. The van der Waals surface area contributed by atoms with E-state index in [4.69, 9.17) is 5.84 Å². The van der Waals surface area contributed by atoms with Gasteiger partial charge in [-0.05, 0) is 17.7 Å². The van der Waals surface area contributed by atoms with Crippen molar-refractivity contribution in [1.82, 2.24) is 9.71 Å². The Morgan fingerprint density at radius 3 is 2.42 bits per heavy atom. The molecule has 0 bridgehead atoms. The molecular formula is C12H14N4O2S. The summed E-state index contributed by atoms with van der Waals surface area (Å²) in [5, 5.41) is 0. The van der Waals surface area contributed by atoms with Crippen LogP contribution in [0.5, 0.6) is 0 Å². The van der Waals surface area contributed by atoms with Crippen LogP contribution in [0.2, 0.25) is 0 Å². The molecule has 19 heavy (non-hydrogen) atoms. The number of hydrazine groups is 1. The van der Waals surface area contributed by atoms with Crippen molar-refractivity contribution in [2.45, 2.75) is 11.4 Å². The molecule has 0 unspecified atom stereocenters. The Hall–Kier alpha value is -1.96. The first kappa shape index (κ1) is 13.5. The largest absolute Gasteiger partial charge is 0.308 e. The number of rotatable bonds is 5. The van der Waals surface area contributed by atoms with E-state index < -0.39 is 10.0 Å². The van der Waals surface area contributed by atoms with Crippen molar-refractivity contribution in [1.29, 1.82) is 0 Å². The van der Waals surface area contributed by atoms with E-state index in [1.54, 1.807) is 0 Å². The third-order valence-electron chi connectivity index (χ3n) is 2.50. The van der Waals surface area contributed by atoms with E-state index in [2.05, 4.69) is 15.1 Å². The Morgan fingerprint density at radius 2 is 1.84 bits per heavy atom. The lowest BCUT2D eigenvalue weighted by atomic mass is 10.2. The third-order valence-corrected chi connectivity index (χ3v) is 3.89. The number of nitrogens with two attached hydrogens (primary N) is 1. The van der Waals surface area contributed by atoms with Crippen LogP contribution in [-0.2, 0) is 16.6 Å². The highest BCUT2D eigenvalue weighted by molar-refractivity contribution is 7.89. The summed E-state index contributed by atoms with van der Waals surface area (Å²) in [6.45, 7) is 0.236. The zero-order valence-corrected chi connectivity index (χ0v) is 10.9. The fraction of sp³-hybridized carbons (Fsp3) is 0.0833. The molecule has 0 atom stereocenters. The van der Waals surface area contributed by atoms with E-state index in [-0.39, 0.29) is 11.4 Å². The van der Waals surface area contributed by atoms with E-state index in [1.807, 2.05) is 30.3 Å². The molecule has 0 radical (unpaired) electrons. The predicted octanol–water partition coefficient (Wildman–Crippen LogP) is 0.846. The van der Waals surface area contributed by atoms with Gasteiger partial charge in [-0.1, -0.05) is 30.3 Å². The first-order chi connectivity index (χ1) is 9.12. The molecule has 0 aliphatic rings. The Labute approximate surface area is 111 Å². The van der Waals surface area contributed by atoms with Crippen molar-refractivity contribution in [3.05, 3.63) is 54.2 Å². The van der Waals surface area contributed by atoms with Crippen molar-refractivity contribution in [3.8, 4) is 0 Å². The van der Waals surface area contributed by atoms with Crippen molar-refractivity contribution in [2.75, 3.05) is 5.43 Å². The Morgan fingerprint density at radius 1 is 1.11 bits per heavy atom. The van der Waals surface area contributed by atoms with Gasteiger partial charge in [0.25, 0.3) is 0 Å². The topological polar surface area (TPSA) is 97.1 Å². The van der Waals surface area contributed by atoms with Gasteiger partial charge in [0.1, 0.15) is 10.7 Å². The van der Waals surface area contributed by atoms with Crippen LogP contribution < -0.4 is 16.0 Å². The minimum Gasteiger partial charge on any atom is -0.308 e. The minimum atomic E-state index is -3.56. The fourth-order valence-electron chi connectivity index (χ4n) is 1.48. The molecule has 0 fully saturated rings. The summed E-state index contributed by atoms with van der Waals surface area (Å²) in [5.74, 6) is 5.57. The number of nitrogen functional groups attached to an aromatic ring is 1. The molecule has 1 aromatic heterocycles. The number of aromatic nitrogens is 1. The summed E-state index contributed by atoms with van der Waals surface area (Å²) in [5.41, 5.74) is 3.23. The molecule has 0 aliphatic heterocycles. The molecule has 2 aromatic rings. The maximum absolute atomic E-state index is 12.0. The Kier molecular flexibility index (Phi) is 4.10. The van der Waals surface area contributed by atoms with Crippen LogP contribution in [0.4, 0.5) is 5.82 Å².